The molecule has 0 amide bonds. The Balaban J connectivity index is 2.90. The molecule has 1 aromatic rings. The molecule has 6 heteroatoms. The molecule has 0 fully saturated rings. The number of rotatable bonds is 6. The van der Waals surface area contributed by atoms with E-state index in [9.17, 15) is 0 Å². The highest BCUT2D eigenvalue weighted by molar-refractivity contribution is 5.37. The molecule has 0 spiro atoms. The topological polar surface area (TPSA) is 72.0 Å². The van der Waals surface area contributed by atoms with E-state index in [-0.39, 0.29) is 5.54 Å². The summed E-state index contributed by atoms with van der Waals surface area (Å²) < 4.78 is 5.46. The van der Waals surface area contributed by atoms with Crippen LogP contribution in [0.4, 0.5) is 11.9 Å². The number of nitrogens with one attached hydrogen (secondary N) is 2. The predicted octanol–water partition coefficient (Wildman–Crippen LogP) is 2.30. The van der Waals surface area contributed by atoms with Crippen molar-refractivity contribution in [3.8, 4) is 6.01 Å². The fraction of sp³-hybridized carbons (Fsp3) is 0.750. The highest BCUT2D eigenvalue weighted by Crippen LogP contribution is 2.15. The van der Waals surface area contributed by atoms with Gasteiger partial charge in [0.05, 0.1) is 6.61 Å². The summed E-state index contributed by atoms with van der Waals surface area (Å²) in [5.74, 6) is 1.06. The second-order valence-corrected chi connectivity index (χ2v) is 5.02. The van der Waals surface area contributed by atoms with E-state index in [2.05, 4.69) is 46.4 Å². The molecule has 0 saturated heterocycles. The highest BCUT2D eigenvalue weighted by Gasteiger charge is 2.14. The summed E-state index contributed by atoms with van der Waals surface area (Å²) in [6.45, 7) is 11.5. The molecule has 0 aliphatic carbocycles. The van der Waals surface area contributed by atoms with E-state index in [0.717, 1.165) is 13.0 Å². The predicted molar refractivity (Wildman–Crippen MR) is 73.2 cm³/mol. The lowest BCUT2D eigenvalue weighted by Gasteiger charge is -2.20. The van der Waals surface area contributed by atoms with Gasteiger partial charge in [-0.3, -0.25) is 0 Å². The van der Waals surface area contributed by atoms with E-state index in [1.165, 1.54) is 0 Å². The van der Waals surface area contributed by atoms with Gasteiger partial charge in [0, 0.05) is 12.1 Å². The van der Waals surface area contributed by atoms with Crippen LogP contribution in [0.15, 0.2) is 0 Å². The van der Waals surface area contributed by atoms with Gasteiger partial charge in [-0.2, -0.15) is 15.0 Å². The molecule has 18 heavy (non-hydrogen) atoms. The van der Waals surface area contributed by atoms with Gasteiger partial charge in [0.15, 0.2) is 0 Å². The normalized spacial score (nSPS) is 11.2. The van der Waals surface area contributed by atoms with Crippen LogP contribution in [0.2, 0.25) is 0 Å². The van der Waals surface area contributed by atoms with Crippen LogP contribution in [0, 0.1) is 0 Å². The van der Waals surface area contributed by atoms with Crippen molar-refractivity contribution in [2.45, 2.75) is 46.6 Å². The lowest BCUT2D eigenvalue weighted by atomic mass is 10.1. The SMILES string of the molecule is CCCOc1nc(NCC)nc(NC(C)(C)C)n1. The van der Waals surface area contributed by atoms with Crippen molar-refractivity contribution in [3.63, 3.8) is 0 Å². The molecule has 1 rings (SSSR count). The molecule has 102 valence electrons. The molecule has 0 aliphatic rings. The molecular weight excluding hydrogens is 230 g/mol. The Labute approximate surface area is 109 Å². The van der Waals surface area contributed by atoms with Crippen LogP contribution in [-0.4, -0.2) is 33.6 Å². The summed E-state index contributed by atoms with van der Waals surface area (Å²) in [6.07, 6.45) is 0.921. The van der Waals surface area contributed by atoms with E-state index in [0.29, 0.717) is 24.5 Å². The quantitative estimate of drug-likeness (QED) is 0.810. The van der Waals surface area contributed by atoms with Crippen molar-refractivity contribution < 1.29 is 4.74 Å². The minimum Gasteiger partial charge on any atom is -0.463 e. The van der Waals surface area contributed by atoms with Gasteiger partial charge in [0.1, 0.15) is 0 Å². The first-order chi connectivity index (χ1) is 8.44. The highest BCUT2D eigenvalue weighted by atomic mass is 16.5. The zero-order valence-electron chi connectivity index (χ0n) is 11.9. The monoisotopic (exact) mass is 253 g/mol. The molecule has 0 radical (unpaired) electrons. The van der Waals surface area contributed by atoms with Crippen LogP contribution in [0.1, 0.15) is 41.0 Å². The Bertz CT molecular complexity index is 375. The van der Waals surface area contributed by atoms with Crippen LogP contribution < -0.4 is 15.4 Å². The number of ether oxygens (including phenoxy) is 1. The zero-order valence-corrected chi connectivity index (χ0v) is 11.9. The Hall–Kier alpha value is -1.59. The third kappa shape index (κ3) is 5.16. The first-order valence-electron chi connectivity index (χ1n) is 6.35. The van der Waals surface area contributed by atoms with Gasteiger partial charge in [-0.05, 0) is 34.1 Å². The van der Waals surface area contributed by atoms with Gasteiger partial charge in [0.2, 0.25) is 11.9 Å². The van der Waals surface area contributed by atoms with Gasteiger partial charge in [-0.1, -0.05) is 6.92 Å². The minimum absolute atomic E-state index is 0.104. The van der Waals surface area contributed by atoms with Gasteiger partial charge in [-0.15, -0.1) is 0 Å². The average Bonchev–Trinajstić information content (AvgIpc) is 2.24. The lowest BCUT2D eigenvalue weighted by molar-refractivity contribution is 0.292. The van der Waals surface area contributed by atoms with Crippen molar-refractivity contribution in [2.75, 3.05) is 23.8 Å². The zero-order chi connectivity index (χ0) is 13.6. The smallest absolute Gasteiger partial charge is 0.323 e. The Kier molecular flexibility index (Phi) is 5.12. The molecule has 6 nitrogen and oxygen atoms in total. The minimum atomic E-state index is -0.104. The van der Waals surface area contributed by atoms with E-state index in [1.807, 2.05) is 13.8 Å². The number of hydrogen-bond acceptors (Lipinski definition) is 6. The largest absolute Gasteiger partial charge is 0.463 e. The number of hydrogen-bond donors (Lipinski definition) is 2. The second kappa shape index (κ2) is 6.37. The standard InChI is InChI=1S/C12H23N5O/c1-6-8-18-11-15-9(13-7-2)14-10(16-11)17-12(3,4)5/h6-8H2,1-5H3,(H2,13,14,15,16,17). The molecule has 0 atom stereocenters. The molecule has 0 saturated carbocycles. The molecule has 1 aromatic heterocycles. The summed E-state index contributed by atoms with van der Waals surface area (Å²) >= 11 is 0. The summed E-state index contributed by atoms with van der Waals surface area (Å²) in [7, 11) is 0. The van der Waals surface area contributed by atoms with E-state index >= 15 is 0 Å². The van der Waals surface area contributed by atoms with Gasteiger partial charge in [-0.25, -0.2) is 0 Å². The molecule has 2 N–H and O–H groups in total. The molecule has 0 unspecified atom stereocenters. The summed E-state index contributed by atoms with van der Waals surface area (Å²) in [5.41, 5.74) is -0.104. The Morgan fingerprint density at radius 3 is 2.28 bits per heavy atom. The number of aromatic nitrogens is 3. The number of nitrogens with zero attached hydrogens (tertiary/aromatic N) is 3. The molecular formula is C12H23N5O. The van der Waals surface area contributed by atoms with Crippen molar-refractivity contribution in [1.82, 2.24) is 15.0 Å². The van der Waals surface area contributed by atoms with E-state index in [1.54, 1.807) is 0 Å². The van der Waals surface area contributed by atoms with E-state index < -0.39 is 0 Å². The van der Waals surface area contributed by atoms with Crippen LogP contribution >= 0.6 is 0 Å². The molecule has 1 heterocycles. The fourth-order valence-corrected chi connectivity index (χ4v) is 1.24. The molecule has 0 bridgehead atoms. The molecule has 0 aliphatic heterocycles. The first-order valence-corrected chi connectivity index (χ1v) is 6.35. The lowest BCUT2D eigenvalue weighted by Crippen LogP contribution is -2.27. The van der Waals surface area contributed by atoms with Crippen molar-refractivity contribution in [2.24, 2.45) is 0 Å². The van der Waals surface area contributed by atoms with Crippen LogP contribution in [0.5, 0.6) is 6.01 Å². The van der Waals surface area contributed by atoms with Crippen LogP contribution in [0.25, 0.3) is 0 Å². The van der Waals surface area contributed by atoms with E-state index in [4.69, 9.17) is 4.74 Å². The van der Waals surface area contributed by atoms with Crippen LogP contribution in [-0.2, 0) is 0 Å². The first kappa shape index (κ1) is 14.5. The van der Waals surface area contributed by atoms with Gasteiger partial charge in [0.25, 0.3) is 0 Å². The van der Waals surface area contributed by atoms with Gasteiger partial charge >= 0.3 is 6.01 Å². The van der Waals surface area contributed by atoms with Gasteiger partial charge < -0.3 is 15.4 Å². The van der Waals surface area contributed by atoms with Crippen LogP contribution in [0.3, 0.4) is 0 Å². The maximum absolute atomic E-state index is 5.46. The maximum Gasteiger partial charge on any atom is 0.323 e. The third-order valence-corrected chi connectivity index (χ3v) is 1.87. The summed E-state index contributed by atoms with van der Waals surface area (Å²) in [6, 6.07) is 0.356. The summed E-state index contributed by atoms with van der Waals surface area (Å²) in [4.78, 5) is 12.7. The van der Waals surface area contributed by atoms with Crippen molar-refractivity contribution in [3.05, 3.63) is 0 Å². The fourth-order valence-electron chi connectivity index (χ4n) is 1.24. The molecule has 0 aromatic carbocycles. The average molecular weight is 253 g/mol. The second-order valence-electron chi connectivity index (χ2n) is 5.02. The number of anilines is 2. The Morgan fingerprint density at radius 2 is 1.72 bits per heavy atom. The summed E-state index contributed by atoms with van der Waals surface area (Å²) in [5, 5.41) is 6.28. The Morgan fingerprint density at radius 1 is 1.06 bits per heavy atom. The van der Waals surface area contributed by atoms with Crippen molar-refractivity contribution in [1.29, 1.82) is 0 Å². The third-order valence-electron chi connectivity index (χ3n) is 1.87. The van der Waals surface area contributed by atoms with Crippen molar-refractivity contribution >= 4 is 11.9 Å². The maximum atomic E-state index is 5.46.